The van der Waals surface area contributed by atoms with Gasteiger partial charge >= 0.3 is 0 Å². The lowest BCUT2D eigenvalue weighted by atomic mass is 9.85. The van der Waals surface area contributed by atoms with Crippen molar-refractivity contribution >= 4 is 15.9 Å². The van der Waals surface area contributed by atoms with Crippen LogP contribution < -0.4 is 9.47 Å². The van der Waals surface area contributed by atoms with E-state index in [9.17, 15) is 4.39 Å². The minimum absolute atomic E-state index is 0.166. The Labute approximate surface area is 185 Å². The van der Waals surface area contributed by atoms with E-state index in [1.165, 1.54) is 6.07 Å². The first-order valence-corrected chi connectivity index (χ1v) is 10.7. The molecule has 0 bridgehead atoms. The molecule has 0 N–H and O–H groups in total. The zero-order chi connectivity index (χ0) is 21.6. The van der Waals surface area contributed by atoms with E-state index in [2.05, 4.69) is 29.8 Å². The van der Waals surface area contributed by atoms with E-state index in [0.717, 1.165) is 15.8 Å². The highest BCUT2D eigenvalue weighted by atomic mass is 79.9. The maximum absolute atomic E-state index is 14.3. The van der Waals surface area contributed by atoms with Crippen LogP contribution in [0.4, 0.5) is 4.39 Å². The summed E-state index contributed by atoms with van der Waals surface area (Å²) in [5, 5.41) is 0. The van der Waals surface area contributed by atoms with Gasteiger partial charge in [-0.15, -0.1) is 0 Å². The first-order chi connectivity index (χ1) is 14.4. The van der Waals surface area contributed by atoms with Crippen molar-refractivity contribution in [2.75, 3.05) is 13.2 Å². The van der Waals surface area contributed by atoms with Crippen molar-refractivity contribution in [2.24, 2.45) is 0 Å². The van der Waals surface area contributed by atoms with Crippen LogP contribution in [0.1, 0.15) is 31.9 Å². The molecule has 0 unspecified atom stereocenters. The van der Waals surface area contributed by atoms with Gasteiger partial charge in [0.25, 0.3) is 0 Å². The SMILES string of the molecule is CCOc1ccc(C(C)(C)COCc2cc(Oc3ccccc3)ccc2F)cc1Br. The lowest BCUT2D eigenvalue weighted by Gasteiger charge is -2.26. The highest BCUT2D eigenvalue weighted by Gasteiger charge is 2.22. The molecule has 3 rings (SSSR count). The molecule has 0 aliphatic carbocycles. The molecule has 0 aliphatic rings. The zero-order valence-corrected chi connectivity index (χ0v) is 19.0. The van der Waals surface area contributed by atoms with Crippen LogP contribution in [0, 0.1) is 5.82 Å². The molecule has 3 aromatic carbocycles. The molecular formula is C25H26BrFO3. The van der Waals surface area contributed by atoms with Gasteiger partial charge in [0.15, 0.2) is 0 Å². The Balaban J connectivity index is 1.63. The second-order valence-corrected chi connectivity index (χ2v) is 8.48. The molecule has 0 saturated carbocycles. The summed E-state index contributed by atoms with van der Waals surface area (Å²) >= 11 is 3.56. The Bertz CT molecular complexity index is 973. The summed E-state index contributed by atoms with van der Waals surface area (Å²) in [6.07, 6.45) is 0. The number of halogens is 2. The lowest BCUT2D eigenvalue weighted by Crippen LogP contribution is -2.24. The standard InChI is InChI=1S/C25H26BrFO3/c1-4-29-24-13-10-19(15-22(24)26)25(2,3)17-28-16-18-14-21(11-12-23(18)27)30-20-8-6-5-7-9-20/h5-15H,4,16-17H2,1-3H3. The van der Waals surface area contributed by atoms with Crippen LogP contribution >= 0.6 is 15.9 Å². The molecule has 0 radical (unpaired) electrons. The van der Waals surface area contributed by atoms with Crippen LogP contribution in [-0.4, -0.2) is 13.2 Å². The van der Waals surface area contributed by atoms with Crippen LogP contribution in [0.25, 0.3) is 0 Å². The van der Waals surface area contributed by atoms with E-state index in [0.29, 0.717) is 30.3 Å². The van der Waals surface area contributed by atoms with Crippen molar-refractivity contribution in [1.29, 1.82) is 0 Å². The van der Waals surface area contributed by atoms with Gasteiger partial charge in [-0.05, 0) is 70.9 Å². The van der Waals surface area contributed by atoms with E-state index >= 15 is 0 Å². The maximum Gasteiger partial charge on any atom is 0.133 e. The molecule has 0 spiro atoms. The van der Waals surface area contributed by atoms with Crippen molar-refractivity contribution < 1.29 is 18.6 Å². The molecule has 158 valence electrons. The van der Waals surface area contributed by atoms with Crippen LogP contribution in [0.15, 0.2) is 71.2 Å². The van der Waals surface area contributed by atoms with Gasteiger partial charge in [0.1, 0.15) is 23.1 Å². The van der Waals surface area contributed by atoms with Crippen molar-refractivity contribution in [3.63, 3.8) is 0 Å². The second-order valence-electron chi connectivity index (χ2n) is 7.62. The lowest BCUT2D eigenvalue weighted by molar-refractivity contribution is 0.0805. The summed E-state index contributed by atoms with van der Waals surface area (Å²) < 4.78 is 32.4. The summed E-state index contributed by atoms with van der Waals surface area (Å²) in [7, 11) is 0. The van der Waals surface area contributed by atoms with Gasteiger partial charge in [0.2, 0.25) is 0 Å². The Morgan fingerprint density at radius 2 is 1.70 bits per heavy atom. The second kappa shape index (κ2) is 10.1. The van der Waals surface area contributed by atoms with Crippen LogP contribution in [0.2, 0.25) is 0 Å². The third-order valence-corrected chi connectivity index (χ3v) is 5.35. The number of para-hydroxylation sites is 1. The average molecular weight is 473 g/mol. The smallest absolute Gasteiger partial charge is 0.133 e. The molecule has 30 heavy (non-hydrogen) atoms. The predicted octanol–water partition coefficient (Wildman–Crippen LogP) is 7.27. The highest BCUT2D eigenvalue weighted by molar-refractivity contribution is 9.10. The van der Waals surface area contributed by atoms with Crippen LogP contribution in [0.3, 0.4) is 0 Å². The molecule has 5 heteroatoms. The number of hydrogen-bond acceptors (Lipinski definition) is 3. The normalized spacial score (nSPS) is 11.4. The first-order valence-electron chi connectivity index (χ1n) is 9.91. The van der Waals surface area contributed by atoms with Crippen molar-refractivity contribution in [2.45, 2.75) is 32.8 Å². The van der Waals surface area contributed by atoms with E-state index < -0.39 is 0 Å². The van der Waals surface area contributed by atoms with Gasteiger partial charge in [-0.1, -0.05) is 38.1 Å². The summed E-state index contributed by atoms with van der Waals surface area (Å²) in [5.41, 5.74) is 1.33. The van der Waals surface area contributed by atoms with E-state index in [1.54, 1.807) is 12.1 Å². The maximum atomic E-state index is 14.3. The largest absolute Gasteiger partial charge is 0.493 e. The predicted molar refractivity (Wildman–Crippen MR) is 121 cm³/mol. The molecule has 0 saturated heterocycles. The third kappa shape index (κ3) is 5.83. The Hall–Kier alpha value is -2.37. The monoisotopic (exact) mass is 472 g/mol. The summed E-state index contributed by atoms with van der Waals surface area (Å²) in [5.74, 6) is 1.79. The minimum Gasteiger partial charge on any atom is -0.493 e. The number of rotatable bonds is 9. The fourth-order valence-electron chi connectivity index (χ4n) is 3.04. The van der Waals surface area contributed by atoms with Gasteiger partial charge in [-0.2, -0.15) is 0 Å². The van der Waals surface area contributed by atoms with Gasteiger partial charge in [0, 0.05) is 11.0 Å². The minimum atomic E-state index is -0.308. The molecule has 0 aromatic heterocycles. The molecule has 0 aliphatic heterocycles. The number of ether oxygens (including phenoxy) is 3. The van der Waals surface area contributed by atoms with Crippen molar-refractivity contribution in [1.82, 2.24) is 0 Å². The van der Waals surface area contributed by atoms with Gasteiger partial charge in [-0.25, -0.2) is 4.39 Å². The molecule has 0 amide bonds. The number of benzene rings is 3. The molecule has 0 heterocycles. The van der Waals surface area contributed by atoms with Crippen LogP contribution in [-0.2, 0) is 16.8 Å². The quantitative estimate of drug-likeness (QED) is 0.327. The average Bonchev–Trinajstić information content (AvgIpc) is 2.72. The fourth-order valence-corrected chi connectivity index (χ4v) is 3.54. The Morgan fingerprint density at radius 3 is 2.40 bits per heavy atom. The molecule has 3 aromatic rings. The van der Waals surface area contributed by atoms with Gasteiger partial charge < -0.3 is 14.2 Å². The van der Waals surface area contributed by atoms with Crippen molar-refractivity contribution in [3.05, 3.63) is 88.1 Å². The van der Waals surface area contributed by atoms with E-state index in [-0.39, 0.29) is 17.8 Å². The molecule has 3 nitrogen and oxygen atoms in total. The first kappa shape index (κ1) is 22.3. The Morgan fingerprint density at radius 1 is 0.933 bits per heavy atom. The van der Waals surface area contributed by atoms with E-state index in [1.807, 2.05) is 55.5 Å². The van der Waals surface area contributed by atoms with Crippen LogP contribution in [0.5, 0.6) is 17.2 Å². The van der Waals surface area contributed by atoms with Gasteiger partial charge in [-0.3, -0.25) is 0 Å². The van der Waals surface area contributed by atoms with E-state index in [4.69, 9.17) is 14.2 Å². The molecule has 0 atom stereocenters. The fraction of sp³-hybridized carbons (Fsp3) is 0.280. The highest BCUT2D eigenvalue weighted by Crippen LogP contribution is 2.32. The summed E-state index contributed by atoms with van der Waals surface area (Å²) in [4.78, 5) is 0. The van der Waals surface area contributed by atoms with Crippen molar-refractivity contribution in [3.8, 4) is 17.2 Å². The summed E-state index contributed by atoms with van der Waals surface area (Å²) in [6.45, 7) is 7.37. The summed E-state index contributed by atoms with van der Waals surface area (Å²) in [6, 6.07) is 20.2. The van der Waals surface area contributed by atoms with Gasteiger partial charge in [0.05, 0.1) is 24.3 Å². The molecular weight excluding hydrogens is 447 g/mol. The molecule has 0 fully saturated rings. The Kier molecular flexibility index (Phi) is 7.51. The number of hydrogen-bond donors (Lipinski definition) is 0. The zero-order valence-electron chi connectivity index (χ0n) is 17.5. The topological polar surface area (TPSA) is 27.7 Å². The third-order valence-electron chi connectivity index (χ3n) is 4.73.